The van der Waals surface area contributed by atoms with Crippen molar-refractivity contribution in [1.29, 1.82) is 0 Å². The van der Waals surface area contributed by atoms with E-state index < -0.39 is 0 Å². The van der Waals surface area contributed by atoms with Crippen LogP contribution in [0.5, 0.6) is 0 Å². The molecule has 2 aromatic rings. The van der Waals surface area contributed by atoms with Gasteiger partial charge in [-0.25, -0.2) is 0 Å². The second-order valence-electron chi connectivity index (χ2n) is 4.63. The van der Waals surface area contributed by atoms with Crippen LogP contribution in [0.1, 0.15) is 27.0 Å². The van der Waals surface area contributed by atoms with E-state index in [4.69, 9.17) is 23.2 Å². The molecule has 0 aliphatic carbocycles. The molecule has 0 bridgehead atoms. The summed E-state index contributed by atoms with van der Waals surface area (Å²) in [5.74, 6) is 0.0605. The fourth-order valence-electron chi connectivity index (χ4n) is 1.99. The summed E-state index contributed by atoms with van der Waals surface area (Å²) in [5, 5.41) is 0.941. The third-order valence-corrected chi connectivity index (χ3v) is 3.93. The second kappa shape index (κ2) is 5.77. The maximum absolute atomic E-state index is 12.3. The molecule has 0 fully saturated rings. The molecule has 19 heavy (non-hydrogen) atoms. The number of carbonyl (C=O) groups is 1. The summed E-state index contributed by atoms with van der Waals surface area (Å²) in [6.07, 6.45) is 0.268. The van der Waals surface area contributed by atoms with E-state index in [1.54, 1.807) is 12.1 Å². The number of carbonyl (C=O) groups excluding carboxylic acids is 1. The molecule has 0 aliphatic heterocycles. The smallest absolute Gasteiger partial charge is 0.167 e. The van der Waals surface area contributed by atoms with Crippen LogP contribution in [0.2, 0.25) is 10.0 Å². The summed E-state index contributed by atoms with van der Waals surface area (Å²) >= 11 is 12.1. The normalized spacial score (nSPS) is 10.5. The minimum Gasteiger partial charge on any atom is -0.294 e. The van der Waals surface area contributed by atoms with Gasteiger partial charge in [0, 0.05) is 12.0 Å². The van der Waals surface area contributed by atoms with Gasteiger partial charge in [0.15, 0.2) is 5.78 Å². The number of hydrogen-bond donors (Lipinski definition) is 0. The molecule has 0 atom stereocenters. The molecule has 0 aromatic heterocycles. The Bertz CT molecular complexity index is 633. The van der Waals surface area contributed by atoms with E-state index >= 15 is 0 Å². The average molecular weight is 293 g/mol. The first kappa shape index (κ1) is 14.1. The van der Waals surface area contributed by atoms with Crippen LogP contribution in [-0.2, 0) is 6.42 Å². The summed E-state index contributed by atoms with van der Waals surface area (Å²) < 4.78 is 0. The van der Waals surface area contributed by atoms with Gasteiger partial charge in [-0.3, -0.25) is 4.79 Å². The Kier molecular flexibility index (Phi) is 4.28. The first-order valence-electron chi connectivity index (χ1n) is 6.02. The largest absolute Gasteiger partial charge is 0.294 e. The quantitative estimate of drug-likeness (QED) is 0.725. The number of rotatable bonds is 3. The van der Waals surface area contributed by atoms with Crippen LogP contribution in [0, 0.1) is 13.8 Å². The van der Waals surface area contributed by atoms with Crippen molar-refractivity contribution >= 4 is 29.0 Å². The molecule has 0 spiro atoms. The van der Waals surface area contributed by atoms with Gasteiger partial charge in [-0.2, -0.15) is 0 Å². The minimum atomic E-state index is 0.0605. The standard InChI is InChI=1S/C16H14Cl2O/c1-10-6-7-11(2)13(8-10)15(19)9-12-4-3-5-14(17)16(12)18/h3-8H,9H2,1-2H3. The topological polar surface area (TPSA) is 17.1 Å². The highest BCUT2D eigenvalue weighted by atomic mass is 35.5. The van der Waals surface area contributed by atoms with Gasteiger partial charge in [0.1, 0.15) is 0 Å². The Labute approximate surface area is 123 Å². The van der Waals surface area contributed by atoms with Gasteiger partial charge < -0.3 is 0 Å². The predicted octanol–water partition coefficient (Wildman–Crippen LogP) is 5.04. The Morgan fingerprint density at radius 3 is 2.58 bits per heavy atom. The van der Waals surface area contributed by atoms with Gasteiger partial charge in [0.05, 0.1) is 10.0 Å². The van der Waals surface area contributed by atoms with Crippen molar-refractivity contribution in [2.24, 2.45) is 0 Å². The molecule has 2 rings (SSSR count). The molecule has 0 unspecified atom stereocenters. The maximum atomic E-state index is 12.3. The van der Waals surface area contributed by atoms with E-state index in [1.807, 2.05) is 38.1 Å². The van der Waals surface area contributed by atoms with Crippen molar-refractivity contribution < 1.29 is 4.79 Å². The highest BCUT2D eigenvalue weighted by Gasteiger charge is 2.13. The summed E-state index contributed by atoms with van der Waals surface area (Å²) in [5.41, 5.74) is 3.57. The van der Waals surface area contributed by atoms with E-state index in [9.17, 15) is 4.79 Å². The van der Waals surface area contributed by atoms with Crippen molar-refractivity contribution in [2.75, 3.05) is 0 Å². The molecular formula is C16H14Cl2O. The lowest BCUT2D eigenvalue weighted by Gasteiger charge is -2.08. The number of hydrogen-bond acceptors (Lipinski definition) is 1. The third-order valence-electron chi connectivity index (χ3n) is 3.08. The van der Waals surface area contributed by atoms with Gasteiger partial charge in [-0.05, 0) is 37.1 Å². The van der Waals surface area contributed by atoms with E-state index in [0.717, 1.165) is 22.3 Å². The lowest BCUT2D eigenvalue weighted by Crippen LogP contribution is -2.06. The third kappa shape index (κ3) is 3.17. The lowest BCUT2D eigenvalue weighted by molar-refractivity contribution is 0.0992. The van der Waals surface area contributed by atoms with Crippen LogP contribution in [-0.4, -0.2) is 5.78 Å². The van der Waals surface area contributed by atoms with Gasteiger partial charge in [0.25, 0.3) is 0 Å². The molecule has 0 saturated heterocycles. The zero-order valence-corrected chi connectivity index (χ0v) is 12.3. The second-order valence-corrected chi connectivity index (χ2v) is 5.42. The van der Waals surface area contributed by atoms with Crippen LogP contribution in [0.3, 0.4) is 0 Å². The van der Waals surface area contributed by atoms with Gasteiger partial charge in [0.2, 0.25) is 0 Å². The van der Waals surface area contributed by atoms with E-state index in [1.165, 1.54) is 0 Å². The molecule has 98 valence electrons. The van der Waals surface area contributed by atoms with E-state index in [-0.39, 0.29) is 12.2 Å². The fraction of sp³-hybridized carbons (Fsp3) is 0.188. The molecule has 0 radical (unpaired) electrons. The first-order valence-corrected chi connectivity index (χ1v) is 6.78. The molecular weight excluding hydrogens is 279 g/mol. The summed E-state index contributed by atoms with van der Waals surface area (Å²) in [4.78, 5) is 12.3. The number of benzene rings is 2. The predicted molar refractivity (Wildman–Crippen MR) is 80.4 cm³/mol. The molecule has 0 amide bonds. The fourth-order valence-corrected chi connectivity index (χ4v) is 2.38. The van der Waals surface area contributed by atoms with Crippen molar-refractivity contribution in [2.45, 2.75) is 20.3 Å². The van der Waals surface area contributed by atoms with Crippen LogP contribution in [0.15, 0.2) is 36.4 Å². The molecule has 0 aliphatic rings. The number of halogens is 2. The maximum Gasteiger partial charge on any atom is 0.167 e. The van der Waals surface area contributed by atoms with Gasteiger partial charge >= 0.3 is 0 Å². The van der Waals surface area contributed by atoms with Crippen LogP contribution < -0.4 is 0 Å². The Hall–Kier alpha value is -1.31. The Morgan fingerprint density at radius 1 is 1.11 bits per heavy atom. The van der Waals surface area contributed by atoms with Crippen LogP contribution in [0.25, 0.3) is 0 Å². The minimum absolute atomic E-state index is 0.0605. The highest BCUT2D eigenvalue weighted by Crippen LogP contribution is 2.27. The van der Waals surface area contributed by atoms with Crippen molar-refractivity contribution in [1.82, 2.24) is 0 Å². The Balaban J connectivity index is 2.31. The number of ketones is 1. The van der Waals surface area contributed by atoms with E-state index in [0.29, 0.717) is 10.0 Å². The average Bonchev–Trinajstić information content (AvgIpc) is 2.38. The number of aryl methyl sites for hydroxylation is 2. The van der Waals surface area contributed by atoms with Gasteiger partial charge in [-0.15, -0.1) is 0 Å². The van der Waals surface area contributed by atoms with Crippen LogP contribution >= 0.6 is 23.2 Å². The molecule has 3 heteroatoms. The molecule has 0 N–H and O–H groups in total. The molecule has 1 nitrogen and oxygen atoms in total. The molecule has 2 aromatic carbocycles. The van der Waals surface area contributed by atoms with E-state index in [2.05, 4.69) is 0 Å². The molecule has 0 saturated carbocycles. The Morgan fingerprint density at radius 2 is 1.84 bits per heavy atom. The first-order chi connectivity index (χ1) is 8.99. The van der Waals surface area contributed by atoms with Crippen LogP contribution in [0.4, 0.5) is 0 Å². The lowest BCUT2D eigenvalue weighted by atomic mass is 9.97. The number of Topliss-reactive ketones (excluding diaryl/α,β-unsaturated/α-hetero) is 1. The summed E-state index contributed by atoms with van der Waals surface area (Å²) in [6, 6.07) is 11.2. The highest BCUT2D eigenvalue weighted by molar-refractivity contribution is 6.42. The van der Waals surface area contributed by atoms with Gasteiger partial charge in [-0.1, -0.05) is 53.0 Å². The van der Waals surface area contributed by atoms with Crippen molar-refractivity contribution in [3.05, 3.63) is 68.7 Å². The summed E-state index contributed by atoms with van der Waals surface area (Å²) in [7, 11) is 0. The molecule has 0 heterocycles. The zero-order valence-electron chi connectivity index (χ0n) is 10.8. The summed E-state index contributed by atoms with van der Waals surface area (Å²) in [6.45, 7) is 3.91. The monoisotopic (exact) mass is 292 g/mol. The van der Waals surface area contributed by atoms with Crippen molar-refractivity contribution in [3.63, 3.8) is 0 Å². The zero-order chi connectivity index (χ0) is 14.0. The SMILES string of the molecule is Cc1ccc(C)c(C(=O)Cc2cccc(Cl)c2Cl)c1. The van der Waals surface area contributed by atoms with Crippen molar-refractivity contribution in [3.8, 4) is 0 Å².